The molecule has 0 aromatic heterocycles. The average Bonchev–Trinajstić information content (AvgIpc) is 3.21. The summed E-state index contributed by atoms with van der Waals surface area (Å²) in [5, 5.41) is 9.45. The predicted octanol–water partition coefficient (Wildman–Crippen LogP) is 3.64. The number of imide groups is 1. The van der Waals surface area contributed by atoms with E-state index < -0.39 is 39.9 Å². The van der Waals surface area contributed by atoms with Crippen LogP contribution >= 0.6 is 0 Å². The van der Waals surface area contributed by atoms with Crippen LogP contribution in [0.2, 0.25) is 0 Å². The Bertz CT molecular complexity index is 1490. The molecule has 3 aromatic carbocycles. The molecule has 41 heavy (non-hydrogen) atoms. The van der Waals surface area contributed by atoms with Gasteiger partial charge in [0, 0.05) is 6.54 Å². The van der Waals surface area contributed by atoms with Gasteiger partial charge >= 0.3 is 0 Å². The highest BCUT2D eigenvalue weighted by Gasteiger charge is 2.41. The minimum atomic E-state index is -4.46. The summed E-state index contributed by atoms with van der Waals surface area (Å²) in [6, 6.07) is 18.0. The lowest BCUT2D eigenvalue weighted by atomic mass is 10.1. The maximum Gasteiger partial charge on any atom is 0.265 e. The molecule has 3 amide bonds. The number of hydrogen-bond donors (Lipinski definition) is 2. The summed E-state index contributed by atoms with van der Waals surface area (Å²) in [5.74, 6) is -1.49. The van der Waals surface area contributed by atoms with Gasteiger partial charge < -0.3 is 4.74 Å². The van der Waals surface area contributed by atoms with Crippen LogP contribution < -0.4 is 10.2 Å². The largest absolute Gasteiger partial charge is 0.494 e. The van der Waals surface area contributed by atoms with E-state index in [1.165, 1.54) is 29.7 Å². The molecule has 216 valence electrons. The lowest BCUT2D eigenvalue weighted by molar-refractivity contribution is -0.167. The normalized spacial score (nSPS) is 14.0. The molecular weight excluding hydrogens is 550 g/mol. The third kappa shape index (κ3) is 6.30. The van der Waals surface area contributed by atoms with Crippen molar-refractivity contribution in [3.63, 3.8) is 0 Å². The molecule has 0 bridgehead atoms. The molecule has 0 saturated heterocycles. The molecule has 1 atom stereocenters. The van der Waals surface area contributed by atoms with Gasteiger partial charge in [-0.2, -0.15) is 0 Å². The fourth-order valence-electron chi connectivity index (χ4n) is 4.44. The fraction of sp³-hybridized carbons (Fsp3) is 0.276. The number of fused-ring (bicyclic) bond motifs is 1. The Morgan fingerprint density at radius 1 is 0.927 bits per heavy atom. The van der Waals surface area contributed by atoms with Crippen molar-refractivity contribution < 1.29 is 37.6 Å². The van der Waals surface area contributed by atoms with E-state index in [2.05, 4.69) is 0 Å². The Labute approximate surface area is 238 Å². The minimum Gasteiger partial charge on any atom is -0.494 e. The second kappa shape index (κ2) is 12.6. The standard InChI is InChI=1S/C29H31N3O8S/c1-4-39-22-13-9-20(10-14-22)21-11-15-23(16-12-21)41(37,38)32(40-19(2)3)26(27(33)30-36)17-18-31-28(34)24-7-5-6-8-25(24)29(31)35/h5-16,19,26,36H,4,17-18H2,1-3H3,(H,30,33)/t26-/m1/s1. The van der Waals surface area contributed by atoms with Gasteiger partial charge in [-0.3, -0.25) is 29.3 Å². The monoisotopic (exact) mass is 581 g/mol. The van der Waals surface area contributed by atoms with Gasteiger partial charge in [0.2, 0.25) is 0 Å². The first-order chi connectivity index (χ1) is 19.6. The van der Waals surface area contributed by atoms with Crippen molar-refractivity contribution in [2.75, 3.05) is 13.2 Å². The lowest BCUT2D eigenvalue weighted by Gasteiger charge is -2.30. The summed E-state index contributed by atoms with van der Waals surface area (Å²) in [6.07, 6.45) is -1.02. The van der Waals surface area contributed by atoms with Crippen LogP contribution in [0.1, 0.15) is 47.9 Å². The van der Waals surface area contributed by atoms with E-state index in [0.29, 0.717) is 16.8 Å². The topological polar surface area (TPSA) is 143 Å². The van der Waals surface area contributed by atoms with E-state index in [1.54, 1.807) is 38.1 Å². The van der Waals surface area contributed by atoms with Crippen molar-refractivity contribution in [2.45, 2.75) is 44.2 Å². The van der Waals surface area contributed by atoms with Crippen molar-refractivity contribution in [2.24, 2.45) is 0 Å². The smallest absolute Gasteiger partial charge is 0.265 e. The molecule has 1 aliphatic rings. The Morgan fingerprint density at radius 3 is 1.95 bits per heavy atom. The van der Waals surface area contributed by atoms with E-state index in [0.717, 1.165) is 16.0 Å². The predicted molar refractivity (Wildman–Crippen MR) is 148 cm³/mol. The van der Waals surface area contributed by atoms with Crippen molar-refractivity contribution in [3.05, 3.63) is 83.9 Å². The number of carbonyl (C=O) groups is 3. The molecule has 0 saturated carbocycles. The van der Waals surface area contributed by atoms with Crippen molar-refractivity contribution in [1.82, 2.24) is 14.8 Å². The van der Waals surface area contributed by atoms with Gasteiger partial charge in [0.1, 0.15) is 11.8 Å². The van der Waals surface area contributed by atoms with Gasteiger partial charge in [-0.05, 0) is 74.7 Å². The SMILES string of the molecule is CCOc1ccc(-c2ccc(S(=O)(=O)N(OC(C)C)[C@H](CCN3C(=O)c4ccccc4C3=O)C(=O)NO)cc2)cc1. The Balaban J connectivity index is 1.60. The molecule has 0 spiro atoms. The van der Waals surface area contributed by atoms with Crippen LogP contribution in [0, 0.1) is 0 Å². The molecule has 4 rings (SSSR count). The molecule has 0 aliphatic carbocycles. The summed E-state index contributed by atoms with van der Waals surface area (Å²) in [5.41, 5.74) is 3.50. The summed E-state index contributed by atoms with van der Waals surface area (Å²) >= 11 is 0. The fourth-order valence-corrected chi connectivity index (χ4v) is 5.95. The zero-order valence-electron chi connectivity index (χ0n) is 22.8. The zero-order valence-corrected chi connectivity index (χ0v) is 23.6. The molecule has 0 radical (unpaired) electrons. The molecule has 11 nitrogen and oxygen atoms in total. The average molecular weight is 582 g/mol. The number of benzene rings is 3. The van der Waals surface area contributed by atoms with Crippen LogP contribution in [-0.4, -0.2) is 66.0 Å². The van der Waals surface area contributed by atoms with Gasteiger partial charge in [-0.1, -0.05) is 40.9 Å². The summed E-state index contributed by atoms with van der Waals surface area (Å²) in [4.78, 5) is 44.8. The second-order valence-electron chi connectivity index (χ2n) is 9.48. The highest BCUT2D eigenvalue weighted by Crippen LogP contribution is 2.28. The molecule has 2 N–H and O–H groups in total. The Hall–Kier alpha value is -4.10. The van der Waals surface area contributed by atoms with Gasteiger partial charge in [0.25, 0.3) is 27.7 Å². The lowest BCUT2D eigenvalue weighted by Crippen LogP contribution is -2.51. The number of carbonyl (C=O) groups excluding carboxylic acids is 3. The van der Waals surface area contributed by atoms with E-state index in [9.17, 15) is 28.0 Å². The molecule has 3 aromatic rings. The highest BCUT2D eigenvalue weighted by atomic mass is 32.2. The second-order valence-corrected chi connectivity index (χ2v) is 11.3. The van der Waals surface area contributed by atoms with Crippen molar-refractivity contribution >= 4 is 27.7 Å². The van der Waals surface area contributed by atoms with Crippen LogP contribution in [0.3, 0.4) is 0 Å². The minimum absolute atomic E-state index is 0.163. The van der Waals surface area contributed by atoms with Gasteiger partial charge in [0.05, 0.1) is 28.7 Å². The summed E-state index contributed by atoms with van der Waals surface area (Å²) < 4.78 is 33.5. The number of ether oxygens (including phenoxy) is 1. The molecule has 0 fully saturated rings. The van der Waals surface area contributed by atoms with Crippen molar-refractivity contribution in [1.29, 1.82) is 0 Å². The molecule has 12 heteroatoms. The van der Waals surface area contributed by atoms with Gasteiger partial charge in [-0.15, -0.1) is 0 Å². The Kier molecular flexibility index (Phi) is 9.18. The Morgan fingerprint density at radius 2 is 1.46 bits per heavy atom. The molecular formula is C29H31N3O8S. The van der Waals surface area contributed by atoms with E-state index >= 15 is 0 Å². The number of nitrogens with zero attached hydrogens (tertiary/aromatic N) is 2. The number of amides is 3. The van der Waals surface area contributed by atoms with E-state index in [-0.39, 0.29) is 29.0 Å². The van der Waals surface area contributed by atoms with Gasteiger partial charge in [0.15, 0.2) is 0 Å². The quantitative estimate of drug-likeness (QED) is 0.188. The summed E-state index contributed by atoms with van der Waals surface area (Å²) in [6.45, 7) is 5.28. The van der Waals surface area contributed by atoms with Crippen molar-refractivity contribution in [3.8, 4) is 16.9 Å². The maximum atomic E-state index is 13.8. The van der Waals surface area contributed by atoms with Crippen LogP contribution in [0.5, 0.6) is 5.75 Å². The maximum absolute atomic E-state index is 13.8. The number of hydroxylamine groups is 2. The van der Waals surface area contributed by atoms with Crippen LogP contribution in [0.15, 0.2) is 77.7 Å². The van der Waals surface area contributed by atoms with Crippen LogP contribution in [0.4, 0.5) is 0 Å². The van der Waals surface area contributed by atoms with E-state index in [1.807, 2.05) is 31.2 Å². The van der Waals surface area contributed by atoms with Gasteiger partial charge in [-0.25, -0.2) is 13.9 Å². The first kappa shape index (κ1) is 29.9. The number of sulfonamides is 1. The highest BCUT2D eigenvalue weighted by molar-refractivity contribution is 7.89. The first-order valence-electron chi connectivity index (χ1n) is 13.0. The number of nitrogens with one attached hydrogen (secondary N) is 1. The number of hydrogen-bond acceptors (Lipinski definition) is 8. The van der Waals surface area contributed by atoms with E-state index in [4.69, 9.17) is 9.57 Å². The molecule has 1 aliphatic heterocycles. The zero-order chi connectivity index (χ0) is 29.7. The third-order valence-corrected chi connectivity index (χ3v) is 8.06. The molecule has 1 heterocycles. The van der Waals surface area contributed by atoms with Crippen LogP contribution in [-0.2, 0) is 19.7 Å². The third-order valence-electron chi connectivity index (χ3n) is 6.37. The summed E-state index contributed by atoms with van der Waals surface area (Å²) in [7, 11) is -4.46. The van der Waals surface area contributed by atoms with Crippen LogP contribution in [0.25, 0.3) is 11.1 Å². The first-order valence-corrected chi connectivity index (χ1v) is 14.5. The number of rotatable bonds is 12. The molecule has 0 unspecified atom stereocenters.